The molecular formula is C15H14ClN3OS. The maximum Gasteiger partial charge on any atom is 0.221 e. The summed E-state index contributed by atoms with van der Waals surface area (Å²) >= 11 is 11.0. The Kier molecular flexibility index (Phi) is 4.77. The lowest BCUT2D eigenvalue weighted by molar-refractivity contribution is -0.114. The van der Waals surface area contributed by atoms with Crippen molar-refractivity contribution in [2.45, 2.75) is 6.92 Å². The van der Waals surface area contributed by atoms with Gasteiger partial charge in [0.2, 0.25) is 5.91 Å². The first kappa shape index (κ1) is 15.3. The van der Waals surface area contributed by atoms with Crippen LogP contribution in [0, 0.1) is 0 Å². The molecule has 2 aromatic carbocycles. The van der Waals surface area contributed by atoms with E-state index in [0.717, 1.165) is 17.1 Å². The molecule has 0 fully saturated rings. The minimum atomic E-state index is -0.107. The molecule has 4 nitrogen and oxygen atoms in total. The third kappa shape index (κ3) is 4.18. The topological polar surface area (TPSA) is 67.2 Å². The summed E-state index contributed by atoms with van der Waals surface area (Å²) in [7, 11) is 0. The summed E-state index contributed by atoms with van der Waals surface area (Å²) in [6.07, 6.45) is 0. The number of thiocarbonyl (C=S) groups is 1. The molecule has 0 atom stereocenters. The van der Waals surface area contributed by atoms with E-state index in [1.54, 1.807) is 24.3 Å². The first-order chi connectivity index (χ1) is 9.95. The standard InChI is InChI=1S/C15H14ClN3OS/c1-9(20)18-11-3-5-12(6-4-11)19-14-7-2-10(16)8-13(14)15(17)21/h2-8,19H,1H3,(H2,17,21)(H,18,20). The number of nitrogens with one attached hydrogen (secondary N) is 2. The van der Waals surface area contributed by atoms with Gasteiger partial charge in [0.25, 0.3) is 0 Å². The van der Waals surface area contributed by atoms with E-state index in [1.807, 2.05) is 18.2 Å². The highest BCUT2D eigenvalue weighted by Crippen LogP contribution is 2.25. The van der Waals surface area contributed by atoms with Gasteiger partial charge < -0.3 is 16.4 Å². The second-order valence-corrected chi connectivity index (χ2v) is 5.31. The fraction of sp³-hybridized carbons (Fsp3) is 0.0667. The molecule has 2 rings (SSSR count). The zero-order valence-corrected chi connectivity index (χ0v) is 12.9. The van der Waals surface area contributed by atoms with E-state index in [2.05, 4.69) is 10.6 Å². The first-order valence-corrected chi connectivity index (χ1v) is 6.98. The highest BCUT2D eigenvalue weighted by molar-refractivity contribution is 7.80. The second-order valence-electron chi connectivity index (χ2n) is 4.44. The number of benzene rings is 2. The lowest BCUT2D eigenvalue weighted by atomic mass is 10.1. The molecule has 0 spiro atoms. The number of carbonyl (C=O) groups is 1. The van der Waals surface area contributed by atoms with Crippen LogP contribution in [0.15, 0.2) is 42.5 Å². The maximum atomic E-state index is 11.0. The van der Waals surface area contributed by atoms with Crippen molar-refractivity contribution in [2.24, 2.45) is 5.73 Å². The highest BCUT2D eigenvalue weighted by atomic mass is 35.5. The largest absolute Gasteiger partial charge is 0.389 e. The molecule has 0 heterocycles. The van der Waals surface area contributed by atoms with Gasteiger partial charge in [0.1, 0.15) is 4.99 Å². The molecule has 0 aromatic heterocycles. The van der Waals surface area contributed by atoms with Crippen molar-refractivity contribution in [1.29, 1.82) is 0 Å². The minimum Gasteiger partial charge on any atom is -0.389 e. The molecule has 0 saturated carbocycles. The number of nitrogens with two attached hydrogens (primary N) is 1. The van der Waals surface area contributed by atoms with E-state index in [1.165, 1.54) is 6.92 Å². The minimum absolute atomic E-state index is 0.107. The van der Waals surface area contributed by atoms with Gasteiger partial charge in [-0.3, -0.25) is 4.79 Å². The summed E-state index contributed by atoms with van der Waals surface area (Å²) in [5, 5.41) is 6.50. The number of hydrogen-bond donors (Lipinski definition) is 3. The van der Waals surface area contributed by atoms with Gasteiger partial charge in [0.15, 0.2) is 0 Å². The molecule has 108 valence electrons. The Bertz CT molecular complexity index is 686. The Morgan fingerprint density at radius 2 is 1.76 bits per heavy atom. The average molecular weight is 320 g/mol. The van der Waals surface area contributed by atoms with Crippen LogP contribution in [0.25, 0.3) is 0 Å². The van der Waals surface area contributed by atoms with E-state index in [4.69, 9.17) is 29.6 Å². The SMILES string of the molecule is CC(=O)Nc1ccc(Nc2ccc(Cl)cc2C(N)=S)cc1. The number of amides is 1. The van der Waals surface area contributed by atoms with Gasteiger partial charge in [0.05, 0.1) is 0 Å². The lowest BCUT2D eigenvalue weighted by Gasteiger charge is -2.12. The number of carbonyl (C=O) groups excluding carboxylic acids is 1. The third-order valence-electron chi connectivity index (χ3n) is 2.73. The van der Waals surface area contributed by atoms with Gasteiger partial charge in [-0.2, -0.15) is 0 Å². The number of hydrogen-bond acceptors (Lipinski definition) is 3. The maximum absolute atomic E-state index is 11.0. The van der Waals surface area contributed by atoms with E-state index in [0.29, 0.717) is 10.6 Å². The summed E-state index contributed by atoms with van der Waals surface area (Å²) in [6.45, 7) is 1.47. The molecule has 0 saturated heterocycles. The summed E-state index contributed by atoms with van der Waals surface area (Å²) in [5.41, 5.74) is 8.75. The van der Waals surface area contributed by atoms with Crippen molar-refractivity contribution in [3.05, 3.63) is 53.1 Å². The fourth-order valence-electron chi connectivity index (χ4n) is 1.82. The smallest absolute Gasteiger partial charge is 0.221 e. The van der Waals surface area contributed by atoms with Crippen LogP contribution in [0.4, 0.5) is 17.1 Å². The molecule has 0 bridgehead atoms. The summed E-state index contributed by atoms with van der Waals surface area (Å²) < 4.78 is 0. The number of halogens is 1. The van der Waals surface area contributed by atoms with Crippen molar-refractivity contribution in [3.8, 4) is 0 Å². The first-order valence-electron chi connectivity index (χ1n) is 6.20. The second kappa shape index (κ2) is 6.56. The Labute approximate surface area is 133 Å². The zero-order chi connectivity index (χ0) is 15.4. The Hall–Kier alpha value is -2.11. The Morgan fingerprint density at radius 3 is 2.33 bits per heavy atom. The molecule has 0 aliphatic heterocycles. The van der Waals surface area contributed by atoms with Crippen molar-refractivity contribution in [1.82, 2.24) is 0 Å². The predicted molar refractivity (Wildman–Crippen MR) is 91.4 cm³/mol. The van der Waals surface area contributed by atoms with E-state index in [-0.39, 0.29) is 10.9 Å². The van der Waals surface area contributed by atoms with Gasteiger partial charge in [-0.15, -0.1) is 0 Å². The van der Waals surface area contributed by atoms with Crippen LogP contribution in [0.5, 0.6) is 0 Å². The molecular weight excluding hydrogens is 306 g/mol. The van der Waals surface area contributed by atoms with Gasteiger partial charge in [-0.05, 0) is 42.5 Å². The molecule has 0 aliphatic carbocycles. The quantitative estimate of drug-likeness (QED) is 0.752. The van der Waals surface area contributed by atoms with E-state index >= 15 is 0 Å². The molecule has 21 heavy (non-hydrogen) atoms. The van der Waals surface area contributed by atoms with E-state index < -0.39 is 0 Å². The number of anilines is 3. The molecule has 0 unspecified atom stereocenters. The van der Waals surface area contributed by atoms with Crippen LogP contribution in [0.1, 0.15) is 12.5 Å². The molecule has 1 amide bonds. The molecule has 0 radical (unpaired) electrons. The van der Waals surface area contributed by atoms with Crippen LogP contribution in [0.2, 0.25) is 5.02 Å². The van der Waals surface area contributed by atoms with E-state index in [9.17, 15) is 4.79 Å². The van der Waals surface area contributed by atoms with Crippen molar-refractivity contribution in [2.75, 3.05) is 10.6 Å². The molecule has 4 N–H and O–H groups in total. The van der Waals surface area contributed by atoms with Crippen molar-refractivity contribution < 1.29 is 4.79 Å². The third-order valence-corrected chi connectivity index (χ3v) is 3.19. The molecule has 6 heteroatoms. The highest BCUT2D eigenvalue weighted by Gasteiger charge is 2.06. The number of rotatable bonds is 4. The molecule has 0 aliphatic rings. The normalized spacial score (nSPS) is 10.0. The van der Waals surface area contributed by atoms with Crippen LogP contribution in [-0.2, 0) is 4.79 Å². The van der Waals surface area contributed by atoms with Crippen molar-refractivity contribution >= 4 is 51.8 Å². The van der Waals surface area contributed by atoms with Crippen LogP contribution < -0.4 is 16.4 Å². The van der Waals surface area contributed by atoms with Crippen LogP contribution >= 0.6 is 23.8 Å². The zero-order valence-electron chi connectivity index (χ0n) is 11.3. The monoisotopic (exact) mass is 319 g/mol. The van der Waals surface area contributed by atoms with Crippen molar-refractivity contribution in [3.63, 3.8) is 0 Å². The summed E-state index contributed by atoms with van der Waals surface area (Å²) in [6, 6.07) is 12.6. The summed E-state index contributed by atoms with van der Waals surface area (Å²) in [5.74, 6) is -0.107. The van der Waals surface area contributed by atoms with Gasteiger partial charge in [-0.25, -0.2) is 0 Å². The predicted octanol–water partition coefficient (Wildman–Crippen LogP) is 3.68. The Balaban J connectivity index is 2.22. The summed E-state index contributed by atoms with van der Waals surface area (Å²) in [4.78, 5) is 11.2. The van der Waals surface area contributed by atoms with Gasteiger partial charge >= 0.3 is 0 Å². The average Bonchev–Trinajstić information content (AvgIpc) is 2.42. The fourth-order valence-corrected chi connectivity index (χ4v) is 2.17. The Morgan fingerprint density at radius 1 is 1.14 bits per heavy atom. The lowest BCUT2D eigenvalue weighted by Crippen LogP contribution is -2.12. The van der Waals surface area contributed by atoms with Crippen LogP contribution in [0.3, 0.4) is 0 Å². The van der Waals surface area contributed by atoms with Gasteiger partial charge in [0, 0.05) is 34.6 Å². The van der Waals surface area contributed by atoms with Crippen LogP contribution in [-0.4, -0.2) is 10.9 Å². The van der Waals surface area contributed by atoms with Gasteiger partial charge in [-0.1, -0.05) is 23.8 Å². The molecule has 2 aromatic rings.